The van der Waals surface area contributed by atoms with E-state index in [1.807, 2.05) is 0 Å². The highest BCUT2D eigenvalue weighted by atomic mass is 32.1. The van der Waals surface area contributed by atoms with Gasteiger partial charge in [-0.3, -0.25) is 5.10 Å². The number of nitrogen functional groups attached to an aromatic ring is 1. The lowest BCUT2D eigenvalue weighted by Crippen LogP contribution is -2.11. The van der Waals surface area contributed by atoms with Crippen molar-refractivity contribution in [3.63, 3.8) is 0 Å². The van der Waals surface area contributed by atoms with Crippen LogP contribution >= 0.6 is 11.3 Å². The Balaban J connectivity index is 2.07. The molecule has 0 fully saturated rings. The standard InChI is InChI=1S/C15H21N3S/c1-15(2,3)12-8-10(17-18-12)13-9-6-4-5-7-11(9)19-14(13)16/h8H,4-7,16H2,1-3H3,(H,17,18). The number of aromatic amines is 1. The van der Waals surface area contributed by atoms with Gasteiger partial charge in [0.05, 0.1) is 10.7 Å². The van der Waals surface area contributed by atoms with Gasteiger partial charge in [-0.05, 0) is 37.3 Å². The summed E-state index contributed by atoms with van der Waals surface area (Å²) < 4.78 is 0. The Morgan fingerprint density at radius 2 is 2.00 bits per heavy atom. The molecular weight excluding hydrogens is 254 g/mol. The number of aryl methyl sites for hydroxylation is 1. The Labute approximate surface area is 118 Å². The largest absolute Gasteiger partial charge is 0.390 e. The van der Waals surface area contributed by atoms with E-state index in [2.05, 4.69) is 37.0 Å². The fourth-order valence-corrected chi connectivity index (χ4v) is 3.87. The molecule has 3 nitrogen and oxygen atoms in total. The first-order chi connectivity index (χ1) is 8.97. The van der Waals surface area contributed by atoms with E-state index in [4.69, 9.17) is 5.73 Å². The van der Waals surface area contributed by atoms with Crippen molar-refractivity contribution in [2.24, 2.45) is 0 Å². The first-order valence-corrected chi connectivity index (χ1v) is 7.75. The van der Waals surface area contributed by atoms with Crippen LogP contribution in [0.3, 0.4) is 0 Å². The maximum absolute atomic E-state index is 6.24. The van der Waals surface area contributed by atoms with Crippen LogP contribution in [0.4, 0.5) is 5.00 Å². The number of H-pyrrole nitrogens is 1. The minimum atomic E-state index is 0.0933. The van der Waals surface area contributed by atoms with Crippen LogP contribution in [0.15, 0.2) is 6.07 Å². The van der Waals surface area contributed by atoms with Crippen LogP contribution in [-0.4, -0.2) is 10.2 Å². The van der Waals surface area contributed by atoms with Gasteiger partial charge < -0.3 is 5.73 Å². The van der Waals surface area contributed by atoms with Crippen LogP contribution in [-0.2, 0) is 18.3 Å². The summed E-state index contributed by atoms with van der Waals surface area (Å²) in [5, 5.41) is 8.59. The van der Waals surface area contributed by atoms with Gasteiger partial charge in [-0.25, -0.2) is 0 Å². The number of rotatable bonds is 1. The molecule has 3 N–H and O–H groups in total. The highest BCUT2D eigenvalue weighted by Gasteiger charge is 2.24. The molecule has 0 unspecified atom stereocenters. The average Bonchev–Trinajstić information content (AvgIpc) is 2.90. The lowest BCUT2D eigenvalue weighted by molar-refractivity contribution is 0.567. The van der Waals surface area contributed by atoms with Gasteiger partial charge in [0.1, 0.15) is 0 Å². The number of fused-ring (bicyclic) bond motifs is 1. The first kappa shape index (κ1) is 12.7. The second-order valence-corrected chi connectivity index (χ2v) is 7.50. The molecule has 2 heterocycles. The summed E-state index contributed by atoms with van der Waals surface area (Å²) in [5.41, 5.74) is 11.1. The second-order valence-electron chi connectivity index (χ2n) is 6.37. The van der Waals surface area contributed by atoms with Crippen molar-refractivity contribution in [3.05, 3.63) is 22.2 Å². The monoisotopic (exact) mass is 275 g/mol. The Morgan fingerprint density at radius 3 is 2.68 bits per heavy atom. The Hall–Kier alpha value is -1.29. The number of nitrogens with two attached hydrogens (primary N) is 1. The van der Waals surface area contributed by atoms with E-state index in [1.54, 1.807) is 11.3 Å². The van der Waals surface area contributed by atoms with Gasteiger partial charge in [-0.15, -0.1) is 11.3 Å². The number of aromatic nitrogens is 2. The Kier molecular flexibility index (Phi) is 2.93. The smallest absolute Gasteiger partial charge is 0.0958 e. The SMILES string of the molecule is CC(C)(C)c1cc(-c2c(N)sc3c2CCCC3)n[nH]1. The van der Waals surface area contributed by atoms with Crippen molar-refractivity contribution in [3.8, 4) is 11.3 Å². The van der Waals surface area contributed by atoms with Crippen LogP contribution in [0.2, 0.25) is 0 Å². The predicted octanol–water partition coefficient (Wildman–Crippen LogP) is 3.90. The zero-order chi connectivity index (χ0) is 13.6. The summed E-state index contributed by atoms with van der Waals surface area (Å²) in [7, 11) is 0. The lowest BCUT2D eigenvalue weighted by atomic mass is 9.90. The molecular formula is C15H21N3S. The fourth-order valence-electron chi connectivity index (χ4n) is 2.70. The van der Waals surface area contributed by atoms with Crippen LogP contribution in [0.5, 0.6) is 0 Å². The van der Waals surface area contributed by atoms with E-state index >= 15 is 0 Å². The summed E-state index contributed by atoms with van der Waals surface area (Å²) in [6.45, 7) is 6.57. The highest BCUT2D eigenvalue weighted by molar-refractivity contribution is 7.16. The second kappa shape index (κ2) is 4.37. The molecule has 0 aromatic carbocycles. The van der Waals surface area contributed by atoms with Crippen LogP contribution in [0.1, 0.15) is 49.7 Å². The van der Waals surface area contributed by atoms with E-state index in [-0.39, 0.29) is 5.41 Å². The number of nitrogens with zero attached hydrogens (tertiary/aromatic N) is 1. The van der Waals surface area contributed by atoms with E-state index in [0.717, 1.165) is 22.8 Å². The third-order valence-corrected chi connectivity index (χ3v) is 4.96. The summed E-state index contributed by atoms with van der Waals surface area (Å²) in [4.78, 5) is 1.47. The van der Waals surface area contributed by atoms with Gasteiger partial charge in [-0.1, -0.05) is 20.8 Å². The Morgan fingerprint density at radius 1 is 1.26 bits per heavy atom. The number of nitrogens with one attached hydrogen (secondary N) is 1. The van der Waals surface area contributed by atoms with Gasteiger partial charge in [0.25, 0.3) is 0 Å². The van der Waals surface area contributed by atoms with Crippen molar-refractivity contribution >= 4 is 16.3 Å². The molecule has 0 radical (unpaired) electrons. The van der Waals surface area contributed by atoms with Crippen LogP contribution in [0.25, 0.3) is 11.3 Å². The van der Waals surface area contributed by atoms with Crippen molar-refractivity contribution in [1.29, 1.82) is 0 Å². The van der Waals surface area contributed by atoms with E-state index < -0.39 is 0 Å². The van der Waals surface area contributed by atoms with Crippen molar-refractivity contribution in [2.75, 3.05) is 5.73 Å². The molecule has 0 aliphatic heterocycles. The Bertz CT molecular complexity index is 601. The summed E-state index contributed by atoms with van der Waals surface area (Å²) in [6, 6.07) is 2.16. The third-order valence-electron chi connectivity index (χ3n) is 3.84. The third kappa shape index (κ3) is 2.18. The van der Waals surface area contributed by atoms with Crippen LogP contribution in [0, 0.1) is 0 Å². The molecule has 0 atom stereocenters. The molecule has 102 valence electrons. The van der Waals surface area contributed by atoms with Crippen molar-refractivity contribution in [2.45, 2.75) is 51.9 Å². The maximum atomic E-state index is 6.24. The number of hydrogen-bond acceptors (Lipinski definition) is 3. The maximum Gasteiger partial charge on any atom is 0.0958 e. The van der Waals surface area contributed by atoms with Crippen molar-refractivity contribution in [1.82, 2.24) is 10.2 Å². The molecule has 1 aliphatic rings. The molecule has 0 spiro atoms. The summed E-state index contributed by atoms with van der Waals surface area (Å²) in [6.07, 6.45) is 4.89. The van der Waals surface area contributed by atoms with E-state index in [0.29, 0.717) is 0 Å². The molecule has 0 amide bonds. The minimum absolute atomic E-state index is 0.0933. The molecule has 2 aromatic heterocycles. The van der Waals surface area contributed by atoms with Crippen LogP contribution < -0.4 is 5.73 Å². The van der Waals surface area contributed by atoms with E-state index in [1.165, 1.54) is 35.3 Å². The summed E-state index contributed by atoms with van der Waals surface area (Å²) in [5.74, 6) is 0. The molecule has 0 saturated heterocycles. The molecule has 19 heavy (non-hydrogen) atoms. The van der Waals surface area contributed by atoms with Gasteiger partial charge in [-0.2, -0.15) is 5.10 Å². The average molecular weight is 275 g/mol. The predicted molar refractivity (Wildman–Crippen MR) is 81.7 cm³/mol. The lowest BCUT2D eigenvalue weighted by Gasteiger charge is -2.14. The fraction of sp³-hybridized carbons (Fsp3) is 0.533. The zero-order valence-corrected chi connectivity index (χ0v) is 12.7. The molecule has 3 rings (SSSR count). The highest BCUT2D eigenvalue weighted by Crippen LogP contribution is 2.42. The molecule has 2 aromatic rings. The topological polar surface area (TPSA) is 54.7 Å². The van der Waals surface area contributed by atoms with Gasteiger partial charge >= 0.3 is 0 Å². The zero-order valence-electron chi connectivity index (χ0n) is 11.8. The first-order valence-electron chi connectivity index (χ1n) is 6.93. The number of thiophene rings is 1. The minimum Gasteiger partial charge on any atom is -0.390 e. The van der Waals surface area contributed by atoms with E-state index in [9.17, 15) is 0 Å². The van der Waals surface area contributed by atoms with Gasteiger partial charge in [0, 0.05) is 21.5 Å². The molecule has 0 saturated carbocycles. The number of hydrogen-bond donors (Lipinski definition) is 2. The quantitative estimate of drug-likeness (QED) is 0.829. The number of anilines is 1. The molecule has 1 aliphatic carbocycles. The van der Waals surface area contributed by atoms with Crippen molar-refractivity contribution < 1.29 is 0 Å². The van der Waals surface area contributed by atoms with Gasteiger partial charge in [0.15, 0.2) is 0 Å². The molecule has 0 bridgehead atoms. The summed E-state index contributed by atoms with van der Waals surface area (Å²) >= 11 is 1.75. The normalized spacial score (nSPS) is 15.5. The molecule has 4 heteroatoms. The van der Waals surface area contributed by atoms with Gasteiger partial charge in [0.2, 0.25) is 0 Å².